The first-order valence-corrected chi connectivity index (χ1v) is 9.76. The molecule has 0 aliphatic heterocycles. The molecule has 0 aliphatic rings. The third kappa shape index (κ3) is 8.47. The van der Waals surface area contributed by atoms with Gasteiger partial charge in [-0.25, -0.2) is 0 Å². The summed E-state index contributed by atoms with van der Waals surface area (Å²) in [5, 5.41) is 0. The second-order valence-corrected chi connectivity index (χ2v) is 7.25. The molecule has 0 aliphatic carbocycles. The number of hydrogen-bond donors (Lipinski definition) is 0. The maximum atomic E-state index is 2.44. The van der Waals surface area contributed by atoms with Gasteiger partial charge in [-0.1, -0.05) is 0 Å². The molecule has 0 atom stereocenters. The molecule has 0 unspecified atom stereocenters. The molecule has 0 bridgehead atoms. The van der Waals surface area contributed by atoms with Crippen LogP contribution in [0.15, 0.2) is 34.5 Å². The van der Waals surface area contributed by atoms with Crippen molar-refractivity contribution in [2.75, 3.05) is 0 Å². The van der Waals surface area contributed by atoms with Gasteiger partial charge in [-0.05, 0) is 0 Å². The molecule has 17 heavy (non-hydrogen) atoms. The Bertz CT molecular complexity index is 290. The average molecular weight is 344 g/mol. The molecule has 0 fully saturated rings. The van der Waals surface area contributed by atoms with E-state index in [4.69, 9.17) is 0 Å². The molecule has 0 amide bonds. The van der Waals surface area contributed by atoms with Gasteiger partial charge >= 0.3 is 117 Å². The monoisotopic (exact) mass is 346 g/mol. The van der Waals surface area contributed by atoms with Crippen LogP contribution >= 0.6 is 0 Å². The van der Waals surface area contributed by atoms with Crippen LogP contribution in [0.5, 0.6) is 0 Å². The standard InChI is InChI=1S/C16H24Te/c1-2-3-4-5-6-10-14-17-15-13-16-11-8-7-9-12-16/h7-9,11-13,15H,2-6,10,14H2,1H3/b15-13-. The average Bonchev–Trinajstić information content (AvgIpc) is 2.38. The fourth-order valence-electron chi connectivity index (χ4n) is 1.72. The minimum absolute atomic E-state index is 0.123. The van der Waals surface area contributed by atoms with Crippen molar-refractivity contribution in [3.05, 3.63) is 40.0 Å². The SMILES string of the molecule is CCCCCCCC[Te]/C=C\c1ccccc1. The summed E-state index contributed by atoms with van der Waals surface area (Å²) in [6, 6.07) is 10.6. The van der Waals surface area contributed by atoms with Gasteiger partial charge in [0.15, 0.2) is 0 Å². The Hall–Kier alpha value is -0.250. The molecule has 1 aromatic rings. The number of unbranched alkanes of at least 4 members (excludes halogenated alkanes) is 5. The van der Waals surface area contributed by atoms with E-state index < -0.39 is 0 Å². The Morgan fingerprint density at radius 3 is 2.41 bits per heavy atom. The van der Waals surface area contributed by atoms with Crippen molar-refractivity contribution < 1.29 is 0 Å². The summed E-state index contributed by atoms with van der Waals surface area (Å²) in [4.78, 5) is 0. The van der Waals surface area contributed by atoms with Gasteiger partial charge < -0.3 is 0 Å². The molecule has 94 valence electrons. The van der Waals surface area contributed by atoms with Crippen molar-refractivity contribution in [1.29, 1.82) is 0 Å². The quantitative estimate of drug-likeness (QED) is 0.430. The molecule has 0 radical (unpaired) electrons. The van der Waals surface area contributed by atoms with Crippen LogP contribution in [0.1, 0.15) is 51.0 Å². The molecule has 0 heterocycles. The normalized spacial score (nSPS) is 11.1. The molecule has 0 saturated heterocycles. The van der Waals surface area contributed by atoms with Gasteiger partial charge in [-0.3, -0.25) is 0 Å². The third-order valence-electron chi connectivity index (χ3n) is 2.77. The number of benzene rings is 1. The number of rotatable bonds is 9. The van der Waals surface area contributed by atoms with Crippen LogP contribution in [0, 0.1) is 0 Å². The summed E-state index contributed by atoms with van der Waals surface area (Å²) in [5.74, 6) is 0. The predicted octanol–water partition coefficient (Wildman–Crippen LogP) is 5.14. The van der Waals surface area contributed by atoms with Crippen molar-refractivity contribution in [3.63, 3.8) is 0 Å². The van der Waals surface area contributed by atoms with Crippen molar-refractivity contribution >= 4 is 27.0 Å². The molecule has 0 aromatic heterocycles. The van der Waals surface area contributed by atoms with Gasteiger partial charge in [0, 0.05) is 0 Å². The van der Waals surface area contributed by atoms with Gasteiger partial charge in [0.2, 0.25) is 0 Å². The second kappa shape index (κ2) is 10.9. The van der Waals surface area contributed by atoms with Gasteiger partial charge in [-0.15, -0.1) is 0 Å². The molecule has 0 N–H and O–H groups in total. The summed E-state index contributed by atoms with van der Waals surface area (Å²) in [6.45, 7) is 2.28. The van der Waals surface area contributed by atoms with Gasteiger partial charge in [0.25, 0.3) is 0 Å². The summed E-state index contributed by atoms with van der Waals surface area (Å²) >= 11 is 0.123. The van der Waals surface area contributed by atoms with Crippen molar-refractivity contribution in [2.45, 2.75) is 49.9 Å². The van der Waals surface area contributed by atoms with Gasteiger partial charge in [0.1, 0.15) is 0 Å². The first-order chi connectivity index (χ1) is 8.43. The molecule has 1 rings (SSSR count). The van der Waals surface area contributed by atoms with Crippen LogP contribution in [0.4, 0.5) is 0 Å². The summed E-state index contributed by atoms with van der Waals surface area (Å²) in [7, 11) is 0. The van der Waals surface area contributed by atoms with E-state index >= 15 is 0 Å². The van der Waals surface area contributed by atoms with E-state index in [2.05, 4.69) is 47.5 Å². The Labute approximate surface area is 117 Å². The van der Waals surface area contributed by atoms with Gasteiger partial charge in [-0.2, -0.15) is 0 Å². The molecule has 1 aromatic carbocycles. The molecule has 1 heteroatoms. The zero-order chi connectivity index (χ0) is 12.2. The summed E-state index contributed by atoms with van der Waals surface area (Å²) in [5.41, 5.74) is 1.35. The molecular weight excluding hydrogens is 320 g/mol. The van der Waals surface area contributed by atoms with E-state index in [1.165, 1.54) is 48.6 Å². The van der Waals surface area contributed by atoms with E-state index in [-0.39, 0.29) is 20.9 Å². The Kier molecular flexibility index (Phi) is 9.47. The first kappa shape index (κ1) is 14.8. The Morgan fingerprint density at radius 1 is 0.941 bits per heavy atom. The van der Waals surface area contributed by atoms with E-state index in [1.54, 1.807) is 0 Å². The predicted molar refractivity (Wildman–Crippen MR) is 79.4 cm³/mol. The van der Waals surface area contributed by atoms with E-state index in [0.717, 1.165) is 0 Å². The Morgan fingerprint density at radius 2 is 1.65 bits per heavy atom. The van der Waals surface area contributed by atoms with Crippen LogP contribution in [-0.4, -0.2) is 20.9 Å². The van der Waals surface area contributed by atoms with E-state index in [1.807, 2.05) is 0 Å². The fraction of sp³-hybridized carbons (Fsp3) is 0.500. The summed E-state index contributed by atoms with van der Waals surface area (Å²) < 4.78 is 3.91. The van der Waals surface area contributed by atoms with Crippen LogP contribution in [0.25, 0.3) is 6.08 Å². The van der Waals surface area contributed by atoms with E-state index in [9.17, 15) is 0 Å². The van der Waals surface area contributed by atoms with Crippen LogP contribution in [0.2, 0.25) is 4.47 Å². The van der Waals surface area contributed by atoms with E-state index in [0.29, 0.717) is 0 Å². The van der Waals surface area contributed by atoms with Crippen molar-refractivity contribution in [1.82, 2.24) is 0 Å². The number of hydrogen-bond acceptors (Lipinski definition) is 0. The molecular formula is C16H24Te. The maximum absolute atomic E-state index is 2.44. The second-order valence-electron chi connectivity index (χ2n) is 4.35. The van der Waals surface area contributed by atoms with Crippen molar-refractivity contribution in [2.24, 2.45) is 0 Å². The summed E-state index contributed by atoms with van der Waals surface area (Å²) in [6.07, 6.45) is 10.9. The zero-order valence-electron chi connectivity index (χ0n) is 10.9. The molecule has 0 spiro atoms. The first-order valence-electron chi connectivity index (χ1n) is 6.76. The third-order valence-corrected chi connectivity index (χ3v) is 5.21. The van der Waals surface area contributed by atoms with Gasteiger partial charge in [0.05, 0.1) is 0 Å². The van der Waals surface area contributed by atoms with Crippen molar-refractivity contribution in [3.8, 4) is 0 Å². The topological polar surface area (TPSA) is 0 Å². The molecule has 0 saturated carbocycles. The zero-order valence-corrected chi connectivity index (χ0v) is 13.2. The van der Waals surface area contributed by atoms with Crippen LogP contribution in [0.3, 0.4) is 0 Å². The molecule has 0 nitrogen and oxygen atoms in total. The van der Waals surface area contributed by atoms with Crippen LogP contribution < -0.4 is 0 Å². The Balaban J connectivity index is 1.95. The fourth-order valence-corrected chi connectivity index (χ4v) is 3.89. The van der Waals surface area contributed by atoms with Crippen LogP contribution in [-0.2, 0) is 0 Å². The minimum atomic E-state index is 0.123.